The number of carbonyl (C=O) groups excluding carboxylic acids is 3. The number of sulfonamides is 1. The molecule has 0 spiro atoms. The van der Waals surface area contributed by atoms with Gasteiger partial charge in [-0.25, -0.2) is 8.42 Å². The number of pyridine rings is 1. The minimum atomic E-state index is -4.69. The fraction of sp³-hybridized carbons (Fsp3) is 0.515. The van der Waals surface area contributed by atoms with Gasteiger partial charge in [-0.3, -0.25) is 24.1 Å². The normalized spacial score (nSPS) is 11.6. The first-order chi connectivity index (χ1) is 44.7. The largest absolute Gasteiger partial charge is 0.416 e. The molecule has 4 aromatic carbocycles. The second-order valence-corrected chi connectivity index (χ2v) is 22.4. The van der Waals surface area contributed by atoms with E-state index in [2.05, 4.69) is 25.7 Å². The highest BCUT2D eigenvalue weighted by Gasteiger charge is 2.32. The molecule has 508 valence electrons. The molecule has 5 aromatic rings. The van der Waals surface area contributed by atoms with Crippen molar-refractivity contribution in [3.63, 3.8) is 0 Å². The number of aromatic nitrogens is 1. The number of methoxy groups -OCH3 is 1. The van der Waals surface area contributed by atoms with Crippen molar-refractivity contribution in [1.29, 1.82) is 0 Å². The Labute approximate surface area is 538 Å². The number of ether oxygens (including phenoxy) is 11. The zero-order valence-corrected chi connectivity index (χ0v) is 53.9. The molecule has 0 unspecified atom stereocenters. The predicted molar refractivity (Wildman–Crippen MR) is 344 cm³/mol. The molecule has 4 N–H and O–H groups in total. The van der Waals surface area contributed by atoms with Crippen LogP contribution >= 0.6 is 0 Å². The van der Waals surface area contributed by atoms with Crippen molar-refractivity contribution < 1.29 is 88.1 Å². The van der Waals surface area contributed by atoms with Crippen LogP contribution in [0.2, 0.25) is 0 Å². The molecule has 1 heterocycles. The Bertz CT molecular complexity index is 2990. The number of alkyl halides is 3. The number of amides is 3. The summed E-state index contributed by atoms with van der Waals surface area (Å²) in [5.74, 6) is -1.26. The third-order valence-electron chi connectivity index (χ3n) is 13.7. The lowest BCUT2D eigenvalue weighted by Gasteiger charge is -2.26. The molecule has 22 nitrogen and oxygen atoms in total. The summed E-state index contributed by atoms with van der Waals surface area (Å²) in [4.78, 5) is 45.1. The van der Waals surface area contributed by atoms with Crippen LogP contribution in [0.5, 0.6) is 0 Å². The number of benzene rings is 4. The second kappa shape index (κ2) is 44.8. The van der Waals surface area contributed by atoms with Gasteiger partial charge < -0.3 is 73.0 Å². The monoisotopic (exact) mass is 1310 g/mol. The zero-order chi connectivity index (χ0) is 65.9. The minimum Gasteiger partial charge on any atom is -0.382 e. The molecular formula is C66H91F3N6O16S. The van der Waals surface area contributed by atoms with Crippen molar-refractivity contribution in [2.24, 2.45) is 0 Å². The lowest BCUT2D eigenvalue weighted by molar-refractivity contribution is -0.137. The fourth-order valence-corrected chi connectivity index (χ4v) is 9.86. The number of rotatable bonds is 51. The first-order valence-electron chi connectivity index (χ1n) is 31.0. The third kappa shape index (κ3) is 31.3. The van der Waals surface area contributed by atoms with Crippen LogP contribution in [0.1, 0.15) is 69.7 Å². The molecule has 0 fully saturated rings. The van der Waals surface area contributed by atoms with Crippen LogP contribution < -0.4 is 25.6 Å². The summed E-state index contributed by atoms with van der Waals surface area (Å²) in [7, 11) is -2.05. The molecule has 26 heteroatoms. The van der Waals surface area contributed by atoms with Gasteiger partial charge in [0.05, 0.1) is 155 Å². The molecule has 0 aliphatic rings. The van der Waals surface area contributed by atoms with Gasteiger partial charge in [0.1, 0.15) is 0 Å². The van der Waals surface area contributed by atoms with E-state index in [0.29, 0.717) is 192 Å². The average molecular weight is 1310 g/mol. The summed E-state index contributed by atoms with van der Waals surface area (Å²) in [5, 5.41) is 8.57. The number of hydrogen-bond acceptors (Lipinski definition) is 18. The number of hydrogen-bond donors (Lipinski definition) is 4. The highest BCUT2D eigenvalue weighted by molar-refractivity contribution is 7.92. The Morgan fingerprint density at radius 3 is 1.64 bits per heavy atom. The first kappa shape index (κ1) is 76.1. The van der Waals surface area contributed by atoms with E-state index < -0.39 is 33.6 Å². The summed E-state index contributed by atoms with van der Waals surface area (Å²) >= 11 is 0. The van der Waals surface area contributed by atoms with Gasteiger partial charge in [0, 0.05) is 81.1 Å². The number of aryl methyl sites for hydroxylation is 2. The topological polar surface area (TPSA) is 251 Å². The smallest absolute Gasteiger partial charge is 0.382 e. The van der Waals surface area contributed by atoms with Crippen molar-refractivity contribution in [3.05, 3.63) is 143 Å². The van der Waals surface area contributed by atoms with Crippen molar-refractivity contribution in [3.8, 4) is 11.1 Å². The minimum absolute atomic E-state index is 0.0261. The van der Waals surface area contributed by atoms with E-state index >= 15 is 0 Å². The molecule has 1 aromatic heterocycles. The van der Waals surface area contributed by atoms with E-state index in [9.17, 15) is 36.0 Å². The highest BCUT2D eigenvalue weighted by atomic mass is 32.2. The number of halogens is 3. The van der Waals surface area contributed by atoms with Crippen molar-refractivity contribution >= 4 is 44.8 Å². The summed E-state index contributed by atoms with van der Waals surface area (Å²) in [5.41, 5.74) is 3.81. The number of nitrogens with zero attached hydrogens (tertiary/aromatic N) is 2. The van der Waals surface area contributed by atoms with Crippen LogP contribution in [-0.4, -0.2) is 202 Å². The number of carbonyl (C=O) groups is 3. The number of para-hydroxylation sites is 1. The summed E-state index contributed by atoms with van der Waals surface area (Å²) < 4.78 is 131. The van der Waals surface area contributed by atoms with Crippen LogP contribution in [0.25, 0.3) is 11.1 Å². The molecule has 0 aliphatic heterocycles. The molecule has 0 bridgehead atoms. The van der Waals surface area contributed by atoms with E-state index in [1.165, 1.54) is 24.5 Å². The summed E-state index contributed by atoms with van der Waals surface area (Å²) in [6.45, 7) is 13.5. The number of anilines is 3. The molecule has 0 atom stereocenters. The van der Waals surface area contributed by atoms with Crippen molar-refractivity contribution in [2.45, 2.75) is 52.3 Å². The van der Waals surface area contributed by atoms with Crippen LogP contribution in [0.4, 0.5) is 30.2 Å². The molecule has 0 saturated heterocycles. The molecule has 0 radical (unpaired) electrons. The molecule has 0 aliphatic carbocycles. The second-order valence-electron chi connectivity index (χ2n) is 20.5. The van der Waals surface area contributed by atoms with Crippen molar-refractivity contribution in [1.82, 2.24) is 15.6 Å². The maximum Gasteiger partial charge on any atom is 0.416 e. The molecular weight excluding hydrogens is 1220 g/mol. The Balaban J connectivity index is 0.868. The van der Waals surface area contributed by atoms with Gasteiger partial charge in [0.25, 0.3) is 11.8 Å². The van der Waals surface area contributed by atoms with Crippen LogP contribution in [0.15, 0.2) is 109 Å². The third-order valence-corrected chi connectivity index (χ3v) is 14.9. The van der Waals surface area contributed by atoms with Gasteiger partial charge in [-0.15, -0.1) is 0 Å². The fourth-order valence-electron chi connectivity index (χ4n) is 8.93. The van der Waals surface area contributed by atoms with E-state index in [4.69, 9.17) is 52.1 Å². The first-order valence-corrected chi connectivity index (χ1v) is 32.6. The zero-order valence-electron chi connectivity index (χ0n) is 53.1. The Morgan fingerprint density at radius 2 is 1.08 bits per heavy atom. The SMILES string of the molecule is CCN(CC)c1cccc(-c2cc(CNC(=O)c3ccncc3)cc(C(F)(F)F)c2)c1NC(=O)c1cccc(CCCOCCOCCOCCOCCS(=O)(=O)Nc2ccc(CCC(=O)NCCOCCOCCOCCOCCOCCOCCOC)cc2)c1. The molecule has 92 heavy (non-hydrogen) atoms. The predicted octanol–water partition coefficient (Wildman–Crippen LogP) is 8.03. The van der Waals surface area contributed by atoms with E-state index in [-0.39, 0.29) is 55.6 Å². The van der Waals surface area contributed by atoms with Crippen molar-refractivity contribution in [2.75, 3.05) is 186 Å². The molecule has 0 saturated carbocycles. The molecule has 5 rings (SSSR count). The number of nitrogens with one attached hydrogen (secondary N) is 4. The standard InChI is InChI=1S/C66H91F3N6O16S/c1-4-75(5-2)61-13-7-12-60(57-48-54(49-58(50-57)66(67,68)69)51-72-64(77)55-20-22-70-23-21-55)63(61)73-65(78)56-11-6-9-53(47-56)10-8-25-82-29-31-85-35-42-90-43-44-91-45-46-92(79,80)74-59-17-14-52(15-18-59)16-19-62(76)71-24-26-83-30-32-86-36-37-88-40-41-89-39-38-87-34-33-84-28-27-81-3/h6-7,9,11-15,17-18,20-23,47-50,74H,4-5,8,10,16,19,24-46,51H2,1-3H3,(H,71,76)(H,72,77)(H,73,78). The van der Waals surface area contributed by atoms with Crippen LogP contribution in [0, 0.1) is 0 Å². The lowest BCUT2D eigenvalue weighted by Crippen LogP contribution is -2.27. The Morgan fingerprint density at radius 1 is 0.533 bits per heavy atom. The van der Waals surface area contributed by atoms with Crippen LogP contribution in [0.3, 0.4) is 0 Å². The van der Waals surface area contributed by atoms with Gasteiger partial charge in [0.2, 0.25) is 15.9 Å². The Kier molecular flexibility index (Phi) is 37.0. The van der Waals surface area contributed by atoms with E-state index in [0.717, 1.165) is 23.3 Å². The van der Waals surface area contributed by atoms with E-state index in [1.54, 1.807) is 67.8 Å². The van der Waals surface area contributed by atoms with Gasteiger partial charge in [-0.2, -0.15) is 13.2 Å². The van der Waals surface area contributed by atoms with Gasteiger partial charge in [0.15, 0.2) is 0 Å². The lowest BCUT2D eigenvalue weighted by atomic mass is 9.96. The van der Waals surface area contributed by atoms with E-state index in [1.807, 2.05) is 30.9 Å². The average Bonchev–Trinajstić information content (AvgIpc) is 0.796. The highest BCUT2D eigenvalue weighted by Crippen LogP contribution is 2.40. The molecule has 3 amide bonds. The summed E-state index contributed by atoms with van der Waals surface area (Å²) in [6.07, 6.45) is 0.250. The quantitative estimate of drug-likeness (QED) is 0.0269. The maximum absolute atomic E-state index is 14.4. The van der Waals surface area contributed by atoms with Gasteiger partial charge in [-0.1, -0.05) is 36.4 Å². The van der Waals surface area contributed by atoms with Gasteiger partial charge in [-0.05, 0) is 116 Å². The summed E-state index contributed by atoms with van der Waals surface area (Å²) in [6, 6.07) is 25.9. The maximum atomic E-state index is 14.4. The van der Waals surface area contributed by atoms with Crippen LogP contribution in [-0.2, 0) is 92.5 Å². The van der Waals surface area contributed by atoms with Gasteiger partial charge >= 0.3 is 6.18 Å². The Hall–Kier alpha value is -6.66.